The minimum Gasteiger partial charge on any atom is -0.399 e. The lowest BCUT2D eigenvalue weighted by atomic mass is 10.3. The van der Waals surface area contributed by atoms with Crippen LogP contribution in [-0.2, 0) is 0 Å². The lowest BCUT2D eigenvalue weighted by Gasteiger charge is -1.89. The van der Waals surface area contributed by atoms with Crippen molar-refractivity contribution in [1.82, 2.24) is 9.97 Å². The number of hydrogen-bond acceptors (Lipinski definition) is 5. The maximum Gasteiger partial charge on any atom is 0.433 e. The van der Waals surface area contributed by atoms with Gasteiger partial charge < -0.3 is 15.1 Å². The fourth-order valence-corrected chi connectivity index (χ4v) is 1.70. The van der Waals surface area contributed by atoms with Gasteiger partial charge in [-0.05, 0) is 24.3 Å². The molecule has 0 aliphatic heterocycles. The van der Waals surface area contributed by atoms with Crippen LogP contribution in [-0.4, -0.2) is 14.9 Å². The molecule has 3 rings (SSSR count). The van der Waals surface area contributed by atoms with Gasteiger partial charge in [0, 0.05) is 5.69 Å². The third-order valence-corrected chi connectivity index (χ3v) is 2.51. The number of nitrogens with one attached hydrogen (secondary N) is 1. The molecule has 18 heavy (non-hydrogen) atoms. The molecule has 0 saturated carbocycles. The monoisotopic (exact) mass is 244 g/mol. The van der Waals surface area contributed by atoms with E-state index in [1.165, 1.54) is 12.1 Å². The number of aromatic nitrogens is 2. The predicted octanol–water partition coefficient (Wildman–Crippen LogP) is 2.31. The third-order valence-electron chi connectivity index (χ3n) is 2.51. The Labute approximate surface area is 100 Å². The zero-order chi connectivity index (χ0) is 12.7. The van der Waals surface area contributed by atoms with Crippen LogP contribution < -0.4 is 5.73 Å². The summed E-state index contributed by atoms with van der Waals surface area (Å²) in [5, 5.41) is 10.5. The smallest absolute Gasteiger partial charge is 0.399 e. The SMILES string of the molecule is Nc1ccc2nc(-c3ccc([N+](=O)[O-])o3)[nH]c2c1. The summed E-state index contributed by atoms with van der Waals surface area (Å²) >= 11 is 0. The largest absolute Gasteiger partial charge is 0.433 e. The molecule has 0 saturated heterocycles. The van der Waals surface area contributed by atoms with Crippen LogP contribution in [0.5, 0.6) is 0 Å². The number of rotatable bonds is 2. The Morgan fingerprint density at radius 2 is 2.17 bits per heavy atom. The number of anilines is 1. The summed E-state index contributed by atoms with van der Waals surface area (Å²) in [6.07, 6.45) is 0. The van der Waals surface area contributed by atoms with Crippen molar-refractivity contribution >= 4 is 22.6 Å². The van der Waals surface area contributed by atoms with Gasteiger partial charge in [0.05, 0.1) is 17.1 Å². The van der Waals surface area contributed by atoms with E-state index in [1.807, 2.05) is 0 Å². The fraction of sp³-hybridized carbons (Fsp3) is 0. The standard InChI is InChI=1S/C11H8N4O3/c12-6-1-2-7-8(5-6)14-11(13-7)9-3-4-10(18-9)15(16)17/h1-5H,12H2,(H,13,14). The number of aromatic amines is 1. The molecule has 2 aromatic heterocycles. The highest BCUT2D eigenvalue weighted by molar-refractivity contribution is 5.81. The molecule has 0 amide bonds. The maximum atomic E-state index is 10.5. The van der Waals surface area contributed by atoms with Crippen molar-refractivity contribution < 1.29 is 9.34 Å². The van der Waals surface area contributed by atoms with Crippen molar-refractivity contribution in [3.63, 3.8) is 0 Å². The van der Waals surface area contributed by atoms with Crippen LogP contribution in [0.1, 0.15) is 0 Å². The van der Waals surface area contributed by atoms with Gasteiger partial charge in [0.1, 0.15) is 4.92 Å². The minimum absolute atomic E-state index is 0.315. The molecule has 7 nitrogen and oxygen atoms in total. The quantitative estimate of drug-likeness (QED) is 0.408. The number of nitrogens with two attached hydrogens (primary N) is 1. The lowest BCUT2D eigenvalue weighted by molar-refractivity contribution is -0.401. The molecule has 90 valence electrons. The average Bonchev–Trinajstić information content (AvgIpc) is 2.93. The van der Waals surface area contributed by atoms with E-state index in [0.717, 1.165) is 11.0 Å². The molecule has 0 atom stereocenters. The zero-order valence-electron chi connectivity index (χ0n) is 9.08. The van der Waals surface area contributed by atoms with E-state index in [2.05, 4.69) is 9.97 Å². The van der Waals surface area contributed by atoms with E-state index in [-0.39, 0.29) is 5.88 Å². The summed E-state index contributed by atoms with van der Waals surface area (Å²) in [6, 6.07) is 8.03. The van der Waals surface area contributed by atoms with E-state index in [4.69, 9.17) is 10.2 Å². The summed E-state index contributed by atoms with van der Waals surface area (Å²) in [7, 11) is 0. The van der Waals surface area contributed by atoms with E-state index in [1.54, 1.807) is 18.2 Å². The summed E-state index contributed by atoms with van der Waals surface area (Å²) in [6.45, 7) is 0. The fourth-order valence-electron chi connectivity index (χ4n) is 1.70. The normalized spacial score (nSPS) is 10.9. The molecular formula is C11H8N4O3. The van der Waals surface area contributed by atoms with Crippen LogP contribution in [0.3, 0.4) is 0 Å². The molecule has 0 aliphatic carbocycles. The first-order chi connectivity index (χ1) is 8.63. The van der Waals surface area contributed by atoms with Gasteiger partial charge in [-0.25, -0.2) is 4.98 Å². The summed E-state index contributed by atoms with van der Waals surface area (Å²) < 4.78 is 5.07. The van der Waals surface area contributed by atoms with E-state index < -0.39 is 4.92 Å². The second kappa shape index (κ2) is 3.59. The van der Waals surface area contributed by atoms with Gasteiger partial charge >= 0.3 is 5.88 Å². The number of nitrogens with zero attached hydrogens (tertiary/aromatic N) is 2. The Morgan fingerprint density at radius 3 is 2.89 bits per heavy atom. The van der Waals surface area contributed by atoms with E-state index >= 15 is 0 Å². The molecule has 0 unspecified atom stereocenters. The van der Waals surface area contributed by atoms with Crippen molar-refractivity contribution in [1.29, 1.82) is 0 Å². The lowest BCUT2D eigenvalue weighted by Crippen LogP contribution is -1.83. The van der Waals surface area contributed by atoms with Gasteiger partial charge in [-0.1, -0.05) is 0 Å². The zero-order valence-corrected chi connectivity index (χ0v) is 9.08. The molecule has 0 aliphatic rings. The highest BCUT2D eigenvalue weighted by Gasteiger charge is 2.15. The molecule has 0 spiro atoms. The number of H-pyrrole nitrogens is 1. The maximum absolute atomic E-state index is 10.5. The number of fused-ring (bicyclic) bond motifs is 1. The first-order valence-corrected chi connectivity index (χ1v) is 5.13. The van der Waals surface area contributed by atoms with Crippen molar-refractivity contribution in [2.75, 3.05) is 5.73 Å². The first-order valence-electron chi connectivity index (χ1n) is 5.13. The van der Waals surface area contributed by atoms with Gasteiger partial charge in [-0.2, -0.15) is 0 Å². The molecule has 0 radical (unpaired) electrons. The Balaban J connectivity index is 2.10. The summed E-state index contributed by atoms with van der Waals surface area (Å²) in [5.74, 6) is 0.435. The predicted molar refractivity (Wildman–Crippen MR) is 64.9 cm³/mol. The van der Waals surface area contributed by atoms with Crippen LogP contribution in [0.25, 0.3) is 22.6 Å². The van der Waals surface area contributed by atoms with E-state index in [0.29, 0.717) is 17.3 Å². The Kier molecular flexibility index (Phi) is 2.06. The highest BCUT2D eigenvalue weighted by Crippen LogP contribution is 2.26. The molecular weight excluding hydrogens is 236 g/mol. The number of nitrogen functional groups attached to an aromatic ring is 1. The van der Waals surface area contributed by atoms with Gasteiger partial charge in [0.25, 0.3) is 0 Å². The van der Waals surface area contributed by atoms with Gasteiger partial charge in [0.2, 0.25) is 0 Å². The second-order valence-corrected chi connectivity index (χ2v) is 3.76. The van der Waals surface area contributed by atoms with Crippen LogP contribution in [0.15, 0.2) is 34.7 Å². The van der Waals surface area contributed by atoms with Crippen LogP contribution in [0, 0.1) is 10.1 Å². The molecule has 2 heterocycles. The number of benzene rings is 1. The molecule has 3 aromatic rings. The van der Waals surface area contributed by atoms with Crippen molar-refractivity contribution in [3.8, 4) is 11.6 Å². The topological polar surface area (TPSA) is 111 Å². The summed E-state index contributed by atoms with van der Waals surface area (Å²) in [5.41, 5.74) is 7.74. The van der Waals surface area contributed by atoms with Gasteiger partial charge in [0.15, 0.2) is 11.6 Å². The third kappa shape index (κ3) is 1.58. The van der Waals surface area contributed by atoms with Gasteiger partial charge in [-0.15, -0.1) is 0 Å². The van der Waals surface area contributed by atoms with Crippen molar-refractivity contribution in [2.45, 2.75) is 0 Å². The van der Waals surface area contributed by atoms with Crippen molar-refractivity contribution in [3.05, 3.63) is 40.4 Å². The van der Waals surface area contributed by atoms with Gasteiger partial charge in [-0.3, -0.25) is 10.1 Å². The molecule has 7 heteroatoms. The highest BCUT2D eigenvalue weighted by atomic mass is 16.6. The van der Waals surface area contributed by atoms with Crippen LogP contribution in [0.2, 0.25) is 0 Å². The number of hydrogen-bond donors (Lipinski definition) is 2. The second-order valence-electron chi connectivity index (χ2n) is 3.76. The molecule has 0 bridgehead atoms. The van der Waals surface area contributed by atoms with Crippen molar-refractivity contribution in [2.24, 2.45) is 0 Å². The number of imidazole rings is 1. The van der Waals surface area contributed by atoms with Crippen LogP contribution >= 0.6 is 0 Å². The van der Waals surface area contributed by atoms with E-state index in [9.17, 15) is 10.1 Å². The number of nitro groups is 1. The summed E-state index contributed by atoms with van der Waals surface area (Å²) in [4.78, 5) is 17.2. The van der Waals surface area contributed by atoms with Crippen LogP contribution in [0.4, 0.5) is 11.6 Å². The minimum atomic E-state index is -0.593. The Bertz CT molecular complexity index is 744. The molecule has 3 N–H and O–H groups in total. The Morgan fingerprint density at radius 1 is 1.33 bits per heavy atom. The molecule has 0 fully saturated rings. The molecule has 1 aromatic carbocycles. The first kappa shape index (κ1) is 10.3. The number of furan rings is 1. The average molecular weight is 244 g/mol. The Hall–Kier alpha value is -2.83.